The van der Waals surface area contributed by atoms with E-state index in [-0.39, 0.29) is 0 Å². The lowest BCUT2D eigenvalue weighted by Crippen LogP contribution is -2.45. The van der Waals surface area contributed by atoms with Crippen molar-refractivity contribution in [1.82, 2.24) is 15.2 Å². The number of hydrogen-bond donors (Lipinski definition) is 1. The molecule has 4 heteroatoms. The van der Waals surface area contributed by atoms with Crippen molar-refractivity contribution >= 4 is 11.3 Å². The van der Waals surface area contributed by atoms with Gasteiger partial charge >= 0.3 is 0 Å². The third kappa shape index (κ3) is 2.46. The minimum atomic E-state index is 0.305. The van der Waals surface area contributed by atoms with E-state index in [1.807, 2.05) is 12.3 Å². The molecular formula is C14H17N3S. The van der Waals surface area contributed by atoms with E-state index in [0.717, 1.165) is 31.9 Å². The lowest BCUT2D eigenvalue weighted by molar-refractivity contribution is 0.196. The minimum Gasteiger partial charge on any atom is -0.314 e. The third-order valence-electron chi connectivity index (χ3n) is 3.34. The van der Waals surface area contributed by atoms with Crippen molar-refractivity contribution in [3.63, 3.8) is 0 Å². The Kier molecular flexibility index (Phi) is 3.69. The normalized spacial score (nSPS) is 18.7. The molecule has 1 aliphatic heterocycles. The highest BCUT2D eigenvalue weighted by atomic mass is 32.1. The molecule has 0 amide bonds. The smallest absolute Gasteiger partial charge is 0.0785 e. The van der Waals surface area contributed by atoms with E-state index >= 15 is 0 Å². The molecule has 1 N–H and O–H groups in total. The van der Waals surface area contributed by atoms with Crippen LogP contribution < -0.4 is 5.32 Å². The zero-order valence-electron chi connectivity index (χ0n) is 10.2. The zero-order chi connectivity index (χ0) is 12.2. The van der Waals surface area contributed by atoms with Gasteiger partial charge in [0.15, 0.2) is 0 Å². The van der Waals surface area contributed by atoms with E-state index in [1.54, 1.807) is 11.3 Å². The van der Waals surface area contributed by atoms with E-state index in [9.17, 15) is 0 Å². The number of piperazine rings is 1. The first-order valence-corrected chi connectivity index (χ1v) is 7.27. The summed E-state index contributed by atoms with van der Waals surface area (Å²) in [4.78, 5) is 7.07. The first-order chi connectivity index (χ1) is 8.95. The molecule has 2 aromatic rings. The SMILES string of the molecule is c1ccc(C(c2ccsc2)N2CCNCC2)nc1. The van der Waals surface area contributed by atoms with Gasteiger partial charge in [0.2, 0.25) is 0 Å². The second kappa shape index (κ2) is 5.61. The van der Waals surface area contributed by atoms with Gasteiger partial charge in [0, 0.05) is 32.4 Å². The number of rotatable bonds is 3. The van der Waals surface area contributed by atoms with E-state index < -0.39 is 0 Å². The molecule has 1 aliphatic rings. The predicted octanol–water partition coefficient (Wildman–Crippen LogP) is 2.14. The molecule has 3 nitrogen and oxygen atoms in total. The molecule has 94 valence electrons. The molecule has 18 heavy (non-hydrogen) atoms. The maximum Gasteiger partial charge on any atom is 0.0785 e. The van der Waals surface area contributed by atoms with Gasteiger partial charge in [-0.05, 0) is 34.5 Å². The number of nitrogens with zero attached hydrogens (tertiary/aromatic N) is 2. The van der Waals surface area contributed by atoms with E-state index in [0.29, 0.717) is 6.04 Å². The van der Waals surface area contributed by atoms with Crippen molar-refractivity contribution in [1.29, 1.82) is 0 Å². The summed E-state index contributed by atoms with van der Waals surface area (Å²) in [5, 5.41) is 7.79. The summed E-state index contributed by atoms with van der Waals surface area (Å²) < 4.78 is 0. The molecule has 3 heterocycles. The van der Waals surface area contributed by atoms with Crippen molar-refractivity contribution in [2.75, 3.05) is 26.2 Å². The quantitative estimate of drug-likeness (QED) is 0.915. The van der Waals surface area contributed by atoms with Crippen molar-refractivity contribution in [3.8, 4) is 0 Å². The summed E-state index contributed by atoms with van der Waals surface area (Å²) in [5.41, 5.74) is 2.51. The monoisotopic (exact) mass is 259 g/mol. The maximum absolute atomic E-state index is 4.55. The third-order valence-corrected chi connectivity index (χ3v) is 4.05. The van der Waals surface area contributed by atoms with Gasteiger partial charge in [0.05, 0.1) is 11.7 Å². The Morgan fingerprint density at radius 1 is 1.22 bits per heavy atom. The summed E-state index contributed by atoms with van der Waals surface area (Å²) in [6.45, 7) is 4.29. The summed E-state index contributed by atoms with van der Waals surface area (Å²) in [6.07, 6.45) is 1.89. The van der Waals surface area contributed by atoms with Crippen LogP contribution in [0.15, 0.2) is 41.2 Å². The fourth-order valence-corrected chi connectivity index (χ4v) is 3.16. The topological polar surface area (TPSA) is 28.2 Å². The summed E-state index contributed by atoms with van der Waals surface area (Å²) in [6, 6.07) is 8.70. The molecule has 0 saturated carbocycles. The second-order valence-corrected chi connectivity index (χ2v) is 5.28. The average Bonchev–Trinajstić information content (AvgIpc) is 2.95. The summed E-state index contributed by atoms with van der Waals surface area (Å²) >= 11 is 1.76. The molecule has 0 radical (unpaired) electrons. The highest BCUT2D eigenvalue weighted by Gasteiger charge is 2.24. The molecule has 0 aromatic carbocycles. The van der Waals surface area contributed by atoms with Crippen molar-refractivity contribution in [2.45, 2.75) is 6.04 Å². The van der Waals surface area contributed by atoms with Crippen LogP contribution >= 0.6 is 11.3 Å². The lowest BCUT2D eigenvalue weighted by atomic mass is 10.0. The highest BCUT2D eigenvalue weighted by molar-refractivity contribution is 7.08. The number of aromatic nitrogens is 1. The first kappa shape index (κ1) is 11.8. The second-order valence-electron chi connectivity index (χ2n) is 4.50. The number of nitrogens with one attached hydrogen (secondary N) is 1. The molecule has 1 fully saturated rings. The summed E-state index contributed by atoms with van der Waals surface area (Å²) in [5.74, 6) is 0. The van der Waals surface area contributed by atoms with Crippen LogP contribution in [0.2, 0.25) is 0 Å². The van der Waals surface area contributed by atoms with E-state index in [1.165, 1.54) is 5.56 Å². The van der Waals surface area contributed by atoms with E-state index in [2.05, 4.69) is 44.2 Å². The Morgan fingerprint density at radius 2 is 2.11 bits per heavy atom. The number of hydrogen-bond acceptors (Lipinski definition) is 4. The standard InChI is InChI=1S/C14H17N3S/c1-2-5-16-13(3-1)14(12-4-10-18-11-12)17-8-6-15-7-9-17/h1-5,10-11,14-15H,6-9H2. The molecule has 1 atom stereocenters. The van der Waals surface area contributed by atoms with Gasteiger partial charge in [-0.25, -0.2) is 0 Å². The Balaban J connectivity index is 1.93. The molecular weight excluding hydrogens is 242 g/mol. The molecule has 3 rings (SSSR count). The number of thiophene rings is 1. The fraction of sp³-hybridized carbons (Fsp3) is 0.357. The van der Waals surface area contributed by atoms with Crippen molar-refractivity contribution in [3.05, 3.63) is 52.5 Å². The first-order valence-electron chi connectivity index (χ1n) is 6.33. The molecule has 0 bridgehead atoms. The Bertz CT molecular complexity index is 463. The van der Waals surface area contributed by atoms with Crippen LogP contribution in [0.4, 0.5) is 0 Å². The van der Waals surface area contributed by atoms with Gasteiger partial charge in [-0.3, -0.25) is 9.88 Å². The summed E-state index contributed by atoms with van der Waals surface area (Å²) in [7, 11) is 0. The van der Waals surface area contributed by atoms with Gasteiger partial charge in [0.25, 0.3) is 0 Å². The van der Waals surface area contributed by atoms with Gasteiger partial charge in [-0.15, -0.1) is 0 Å². The minimum absolute atomic E-state index is 0.305. The van der Waals surface area contributed by atoms with Crippen molar-refractivity contribution in [2.24, 2.45) is 0 Å². The molecule has 2 aromatic heterocycles. The van der Waals surface area contributed by atoms with Crippen LogP contribution in [0, 0.1) is 0 Å². The van der Waals surface area contributed by atoms with Gasteiger partial charge in [-0.2, -0.15) is 11.3 Å². The Hall–Kier alpha value is -1.23. The van der Waals surface area contributed by atoms with Crippen LogP contribution in [0.3, 0.4) is 0 Å². The predicted molar refractivity (Wildman–Crippen MR) is 74.8 cm³/mol. The Morgan fingerprint density at radius 3 is 2.78 bits per heavy atom. The average molecular weight is 259 g/mol. The molecule has 1 saturated heterocycles. The van der Waals surface area contributed by atoms with Crippen LogP contribution in [-0.2, 0) is 0 Å². The van der Waals surface area contributed by atoms with Crippen LogP contribution in [0.25, 0.3) is 0 Å². The van der Waals surface area contributed by atoms with Crippen LogP contribution in [0.1, 0.15) is 17.3 Å². The molecule has 1 unspecified atom stereocenters. The van der Waals surface area contributed by atoms with Gasteiger partial charge in [0.1, 0.15) is 0 Å². The van der Waals surface area contributed by atoms with Crippen LogP contribution in [-0.4, -0.2) is 36.1 Å². The van der Waals surface area contributed by atoms with Gasteiger partial charge < -0.3 is 5.32 Å². The van der Waals surface area contributed by atoms with E-state index in [4.69, 9.17) is 0 Å². The maximum atomic E-state index is 4.55. The van der Waals surface area contributed by atoms with Crippen molar-refractivity contribution < 1.29 is 0 Å². The highest BCUT2D eigenvalue weighted by Crippen LogP contribution is 2.28. The molecule has 0 spiro atoms. The largest absolute Gasteiger partial charge is 0.314 e. The van der Waals surface area contributed by atoms with Crippen LogP contribution in [0.5, 0.6) is 0 Å². The Labute approximate surface area is 111 Å². The fourth-order valence-electron chi connectivity index (χ4n) is 2.48. The molecule has 0 aliphatic carbocycles. The lowest BCUT2D eigenvalue weighted by Gasteiger charge is -2.34. The number of pyridine rings is 1. The van der Waals surface area contributed by atoms with Gasteiger partial charge in [-0.1, -0.05) is 6.07 Å². The zero-order valence-corrected chi connectivity index (χ0v) is 11.1.